The predicted octanol–water partition coefficient (Wildman–Crippen LogP) is 3.95. The second-order valence-corrected chi connectivity index (χ2v) is 8.54. The van der Waals surface area contributed by atoms with Crippen molar-refractivity contribution in [2.24, 2.45) is 0 Å². The lowest BCUT2D eigenvalue weighted by molar-refractivity contribution is 0.244. The zero-order valence-electron chi connectivity index (χ0n) is 18.9. The maximum Gasteiger partial charge on any atom is 0.328 e. The maximum atomic E-state index is 14.5. The number of fused-ring (bicyclic) bond motifs is 3. The summed E-state index contributed by atoms with van der Waals surface area (Å²) in [7, 11) is 0. The van der Waals surface area contributed by atoms with Crippen LogP contribution >= 0.6 is 0 Å². The molecule has 36 heavy (non-hydrogen) atoms. The number of nitriles is 1. The number of ether oxygens (including phenoxy) is 1. The van der Waals surface area contributed by atoms with E-state index in [2.05, 4.69) is 21.0 Å². The molecule has 1 atom stereocenters. The summed E-state index contributed by atoms with van der Waals surface area (Å²) < 4.78 is 37.1. The molecule has 0 spiro atoms. The highest BCUT2D eigenvalue weighted by Crippen LogP contribution is 2.37. The molecule has 6 rings (SSSR count). The van der Waals surface area contributed by atoms with Gasteiger partial charge in [-0.15, -0.1) is 0 Å². The molecule has 1 aliphatic heterocycles. The molecule has 1 aliphatic rings. The van der Waals surface area contributed by atoms with Crippen LogP contribution in [0.4, 0.5) is 8.78 Å². The van der Waals surface area contributed by atoms with Crippen LogP contribution in [0.5, 0.6) is 5.75 Å². The second-order valence-electron chi connectivity index (χ2n) is 8.54. The second kappa shape index (κ2) is 8.57. The van der Waals surface area contributed by atoms with Crippen molar-refractivity contribution in [2.75, 3.05) is 6.61 Å². The number of nitrogens with zero attached hydrogens (tertiary/aromatic N) is 6. The fourth-order valence-corrected chi connectivity index (χ4v) is 4.74. The van der Waals surface area contributed by atoms with E-state index < -0.39 is 23.4 Å². The van der Waals surface area contributed by atoms with Crippen molar-refractivity contribution >= 4 is 22.2 Å². The lowest BCUT2D eigenvalue weighted by Gasteiger charge is -2.26. The lowest BCUT2D eigenvalue weighted by Crippen LogP contribution is -2.28. The molecular weight excluding hydrogens is 468 g/mol. The molecule has 4 heterocycles. The molecule has 0 fully saturated rings. The van der Waals surface area contributed by atoms with E-state index in [4.69, 9.17) is 15.0 Å². The van der Waals surface area contributed by atoms with Crippen molar-refractivity contribution in [1.29, 1.82) is 5.26 Å². The number of imidazole rings is 2. The van der Waals surface area contributed by atoms with E-state index in [0.29, 0.717) is 59.1 Å². The van der Waals surface area contributed by atoms with E-state index in [1.165, 1.54) is 29.1 Å². The summed E-state index contributed by atoms with van der Waals surface area (Å²) in [5, 5.41) is 9.01. The Kier molecular flexibility index (Phi) is 5.21. The van der Waals surface area contributed by atoms with Crippen LogP contribution in [0.25, 0.3) is 28.1 Å². The first-order chi connectivity index (χ1) is 17.5. The molecule has 1 N–H and O–H groups in total. The highest BCUT2D eigenvalue weighted by molar-refractivity contribution is 5.78. The monoisotopic (exact) mass is 487 g/mol. The molecule has 0 radical (unpaired) electrons. The Morgan fingerprint density at radius 1 is 1.22 bits per heavy atom. The predicted molar refractivity (Wildman–Crippen MR) is 126 cm³/mol. The van der Waals surface area contributed by atoms with Crippen LogP contribution < -0.4 is 10.4 Å². The zero-order valence-corrected chi connectivity index (χ0v) is 18.9. The van der Waals surface area contributed by atoms with Crippen LogP contribution in [0, 0.1) is 23.0 Å². The first-order valence-electron chi connectivity index (χ1n) is 11.5. The van der Waals surface area contributed by atoms with Gasteiger partial charge in [-0.1, -0.05) is 12.1 Å². The Morgan fingerprint density at radius 3 is 2.97 bits per heavy atom. The molecule has 0 bridgehead atoms. The van der Waals surface area contributed by atoms with Gasteiger partial charge in [0, 0.05) is 24.5 Å². The molecule has 9 nitrogen and oxygen atoms in total. The summed E-state index contributed by atoms with van der Waals surface area (Å²) in [5.41, 5.74) is 2.49. The van der Waals surface area contributed by atoms with E-state index in [9.17, 15) is 13.6 Å². The Bertz CT molecular complexity index is 1730. The molecule has 0 aliphatic carbocycles. The van der Waals surface area contributed by atoms with Crippen LogP contribution in [-0.2, 0) is 6.42 Å². The molecular formula is C25H19F2N7O2. The van der Waals surface area contributed by atoms with E-state index in [0.717, 1.165) is 0 Å². The normalized spacial score (nSPS) is 15.1. The summed E-state index contributed by atoms with van der Waals surface area (Å²) in [5.74, 6) is -0.597. The van der Waals surface area contributed by atoms with Crippen LogP contribution in [0.1, 0.15) is 36.6 Å². The molecule has 0 unspecified atom stereocenters. The Labute approximate surface area is 202 Å². The minimum absolute atomic E-state index is 0.120. The number of unbranched alkanes of at least 4 members (excludes halogenated alkanes) is 1. The van der Waals surface area contributed by atoms with E-state index in [-0.39, 0.29) is 18.3 Å². The minimum atomic E-state index is -0.516. The average molecular weight is 487 g/mol. The fraction of sp³-hybridized carbons (Fsp3) is 0.240. The van der Waals surface area contributed by atoms with Gasteiger partial charge in [0.05, 0.1) is 35.4 Å². The van der Waals surface area contributed by atoms with E-state index >= 15 is 0 Å². The Morgan fingerprint density at radius 2 is 2.11 bits per heavy atom. The number of halogens is 2. The molecule has 0 amide bonds. The van der Waals surface area contributed by atoms with E-state index in [1.54, 1.807) is 22.8 Å². The van der Waals surface area contributed by atoms with Crippen LogP contribution in [0.3, 0.4) is 0 Å². The summed E-state index contributed by atoms with van der Waals surface area (Å²) in [6.45, 7) is 0.232. The topological polar surface area (TPSA) is 114 Å². The van der Waals surface area contributed by atoms with Gasteiger partial charge < -0.3 is 9.72 Å². The standard InChI is InChI=1S/C25H19F2N7O2/c26-14-7-8-17-20(12-14)33(13-29-17)24-30-18(6-1-2-10-28)21-23(32-24)34(25(35)31-21)19-9-11-36-22-15(19)4-3-5-16(22)27/h3-5,7-8,12-13,19H,1-2,6,9,11H2,(H,31,35)/t19-/m1/s1. The first kappa shape index (κ1) is 21.9. The first-order valence-corrected chi connectivity index (χ1v) is 11.5. The number of hydrogen-bond acceptors (Lipinski definition) is 6. The zero-order chi connectivity index (χ0) is 24.8. The van der Waals surface area contributed by atoms with Gasteiger partial charge >= 0.3 is 5.69 Å². The summed E-state index contributed by atoms with van der Waals surface area (Å²) in [4.78, 5) is 29.8. The summed E-state index contributed by atoms with van der Waals surface area (Å²) in [6, 6.07) is 10.5. The highest BCUT2D eigenvalue weighted by Gasteiger charge is 2.29. The molecule has 180 valence electrons. The number of aromatic amines is 1. The third-order valence-corrected chi connectivity index (χ3v) is 6.36. The highest BCUT2D eigenvalue weighted by atomic mass is 19.1. The number of aromatic nitrogens is 6. The molecule has 0 saturated heterocycles. The molecule has 2 aromatic carbocycles. The lowest BCUT2D eigenvalue weighted by atomic mass is 10.00. The van der Waals surface area contributed by atoms with Gasteiger partial charge in [0.2, 0.25) is 5.95 Å². The number of rotatable bonds is 5. The van der Waals surface area contributed by atoms with Gasteiger partial charge in [-0.3, -0.25) is 9.13 Å². The van der Waals surface area contributed by atoms with Crippen molar-refractivity contribution in [3.8, 4) is 17.8 Å². The van der Waals surface area contributed by atoms with Gasteiger partial charge in [-0.2, -0.15) is 10.2 Å². The molecule has 0 saturated carbocycles. The Balaban J connectivity index is 1.59. The van der Waals surface area contributed by atoms with Crippen molar-refractivity contribution in [3.63, 3.8) is 0 Å². The van der Waals surface area contributed by atoms with Crippen LogP contribution in [0.15, 0.2) is 47.5 Å². The van der Waals surface area contributed by atoms with Crippen molar-refractivity contribution < 1.29 is 13.5 Å². The number of H-pyrrole nitrogens is 1. The van der Waals surface area contributed by atoms with Crippen molar-refractivity contribution in [3.05, 3.63) is 76.1 Å². The number of para-hydroxylation sites is 1. The van der Waals surface area contributed by atoms with Gasteiger partial charge in [0.1, 0.15) is 17.7 Å². The van der Waals surface area contributed by atoms with Gasteiger partial charge in [-0.25, -0.2) is 23.5 Å². The van der Waals surface area contributed by atoms with Gasteiger partial charge in [0.25, 0.3) is 0 Å². The summed E-state index contributed by atoms with van der Waals surface area (Å²) >= 11 is 0. The van der Waals surface area contributed by atoms with Crippen molar-refractivity contribution in [2.45, 2.75) is 31.7 Å². The van der Waals surface area contributed by atoms with Crippen LogP contribution in [0.2, 0.25) is 0 Å². The third-order valence-electron chi connectivity index (χ3n) is 6.36. The fourth-order valence-electron chi connectivity index (χ4n) is 4.74. The number of nitrogens with one attached hydrogen (secondary N) is 1. The SMILES string of the molecule is N#CCCCc1nc(-n2cnc3ccc(F)cc32)nc2c1[nH]c(=O)n2[C@@H]1CCOc2c(F)cccc21. The number of benzene rings is 2. The molecule has 5 aromatic rings. The van der Waals surface area contributed by atoms with Gasteiger partial charge in [0.15, 0.2) is 17.2 Å². The average Bonchev–Trinajstić information content (AvgIpc) is 3.44. The molecule has 11 heteroatoms. The minimum Gasteiger partial charge on any atom is -0.490 e. The van der Waals surface area contributed by atoms with E-state index in [1.807, 2.05) is 0 Å². The largest absolute Gasteiger partial charge is 0.490 e. The third kappa shape index (κ3) is 3.50. The summed E-state index contributed by atoms with van der Waals surface area (Å²) in [6.07, 6.45) is 3.20. The Hall–Kier alpha value is -4.59. The van der Waals surface area contributed by atoms with Crippen LogP contribution in [-0.4, -0.2) is 35.7 Å². The van der Waals surface area contributed by atoms with Crippen molar-refractivity contribution in [1.82, 2.24) is 29.1 Å². The quantitative estimate of drug-likeness (QED) is 0.376. The number of aryl methyl sites for hydroxylation is 1. The number of hydrogen-bond donors (Lipinski definition) is 1. The van der Waals surface area contributed by atoms with Gasteiger partial charge in [-0.05, 0) is 31.0 Å². The molecule has 3 aromatic heterocycles. The maximum absolute atomic E-state index is 14.5. The smallest absolute Gasteiger partial charge is 0.328 e.